The van der Waals surface area contributed by atoms with Crippen LogP contribution in [0.25, 0.3) is 11.1 Å². The zero-order chi connectivity index (χ0) is 26.6. The van der Waals surface area contributed by atoms with E-state index in [-0.39, 0.29) is 13.0 Å². The van der Waals surface area contributed by atoms with E-state index in [0.717, 1.165) is 22.3 Å². The number of nitriles is 1. The normalized spacial score (nSPS) is 14.7. The number of hydrogen-bond acceptors (Lipinski definition) is 6. The first-order valence-corrected chi connectivity index (χ1v) is 12.6. The molecule has 0 aliphatic carbocycles. The number of ether oxygens (including phenoxy) is 3. The summed E-state index contributed by atoms with van der Waals surface area (Å²) < 4.78 is 16.6. The number of carbonyl (C=O) groups is 2. The highest BCUT2D eigenvalue weighted by atomic mass is 16.6. The summed E-state index contributed by atoms with van der Waals surface area (Å²) in [7, 11) is 0. The average molecular weight is 514 g/mol. The summed E-state index contributed by atoms with van der Waals surface area (Å²) in [5, 5.41) is 12.3. The SMILES string of the molecule is N#C[C@H](COCc1ccccc1)NC(=O)[C@H](Cc1ccc(-c2ccccc2)cc1)OC(=O)N1CCOCC1. The number of benzene rings is 3. The van der Waals surface area contributed by atoms with Crippen LogP contribution < -0.4 is 5.32 Å². The molecule has 1 aliphatic heterocycles. The second-order valence-corrected chi connectivity index (χ2v) is 8.93. The average Bonchev–Trinajstić information content (AvgIpc) is 2.98. The Bertz CT molecular complexity index is 1210. The van der Waals surface area contributed by atoms with E-state index in [1.165, 1.54) is 4.90 Å². The molecule has 3 aromatic rings. The summed E-state index contributed by atoms with van der Waals surface area (Å²) in [4.78, 5) is 27.5. The van der Waals surface area contributed by atoms with Gasteiger partial charge in [0, 0.05) is 19.5 Å². The minimum atomic E-state index is -1.11. The minimum Gasteiger partial charge on any atom is -0.436 e. The Labute approximate surface area is 222 Å². The molecule has 3 aromatic carbocycles. The lowest BCUT2D eigenvalue weighted by Gasteiger charge is -2.28. The Morgan fingerprint density at radius 1 is 0.895 bits per heavy atom. The smallest absolute Gasteiger partial charge is 0.410 e. The van der Waals surface area contributed by atoms with Crippen LogP contribution in [0.5, 0.6) is 0 Å². The number of morpholine rings is 1. The molecule has 38 heavy (non-hydrogen) atoms. The van der Waals surface area contributed by atoms with Crippen LogP contribution in [0.3, 0.4) is 0 Å². The van der Waals surface area contributed by atoms with E-state index in [2.05, 4.69) is 11.4 Å². The first-order valence-electron chi connectivity index (χ1n) is 12.6. The van der Waals surface area contributed by atoms with Crippen LogP contribution >= 0.6 is 0 Å². The maximum Gasteiger partial charge on any atom is 0.410 e. The van der Waals surface area contributed by atoms with Crippen LogP contribution in [-0.2, 0) is 32.0 Å². The molecule has 1 fully saturated rings. The lowest BCUT2D eigenvalue weighted by molar-refractivity contribution is -0.131. The van der Waals surface area contributed by atoms with Crippen LogP contribution in [0.4, 0.5) is 4.79 Å². The van der Waals surface area contributed by atoms with Crippen LogP contribution in [-0.4, -0.2) is 62.0 Å². The Morgan fingerprint density at radius 3 is 2.18 bits per heavy atom. The van der Waals surface area contributed by atoms with Gasteiger partial charge in [0.15, 0.2) is 6.10 Å². The van der Waals surface area contributed by atoms with Gasteiger partial charge in [0.05, 0.1) is 32.5 Å². The van der Waals surface area contributed by atoms with Gasteiger partial charge in [-0.1, -0.05) is 84.9 Å². The van der Waals surface area contributed by atoms with Gasteiger partial charge >= 0.3 is 6.09 Å². The predicted octanol–water partition coefficient (Wildman–Crippen LogP) is 3.96. The third kappa shape index (κ3) is 7.90. The zero-order valence-electron chi connectivity index (χ0n) is 21.1. The fourth-order valence-electron chi connectivity index (χ4n) is 4.05. The van der Waals surface area contributed by atoms with Gasteiger partial charge in [-0.2, -0.15) is 5.26 Å². The molecule has 1 heterocycles. The van der Waals surface area contributed by atoms with Crippen LogP contribution in [0.15, 0.2) is 84.9 Å². The summed E-state index contributed by atoms with van der Waals surface area (Å²) in [6, 6.07) is 28.5. The number of nitrogens with one attached hydrogen (secondary N) is 1. The molecule has 1 saturated heterocycles. The van der Waals surface area contributed by atoms with Gasteiger partial charge in [-0.25, -0.2) is 4.79 Å². The maximum atomic E-state index is 13.2. The molecule has 0 aromatic heterocycles. The lowest BCUT2D eigenvalue weighted by atomic mass is 10.0. The molecule has 2 amide bonds. The topological polar surface area (TPSA) is 101 Å². The Kier molecular flexibility index (Phi) is 9.85. The van der Waals surface area contributed by atoms with Crippen molar-refractivity contribution in [2.75, 3.05) is 32.9 Å². The van der Waals surface area contributed by atoms with Gasteiger partial charge in [0.2, 0.25) is 0 Å². The lowest BCUT2D eigenvalue weighted by Crippen LogP contribution is -2.48. The Balaban J connectivity index is 1.41. The van der Waals surface area contributed by atoms with Gasteiger partial charge < -0.3 is 24.4 Å². The van der Waals surface area contributed by atoms with Crippen molar-refractivity contribution < 1.29 is 23.8 Å². The molecule has 8 heteroatoms. The molecule has 2 atom stereocenters. The van der Waals surface area contributed by atoms with Crippen molar-refractivity contribution in [2.45, 2.75) is 25.2 Å². The molecule has 0 bridgehead atoms. The molecular weight excluding hydrogens is 482 g/mol. The third-order valence-corrected chi connectivity index (χ3v) is 6.16. The first kappa shape index (κ1) is 26.9. The predicted molar refractivity (Wildman–Crippen MR) is 142 cm³/mol. The number of rotatable bonds is 10. The second kappa shape index (κ2) is 13.9. The molecule has 0 saturated carbocycles. The molecular formula is C30H31N3O5. The summed E-state index contributed by atoms with van der Waals surface area (Å²) in [5.41, 5.74) is 3.92. The molecule has 0 unspecified atom stereocenters. The largest absolute Gasteiger partial charge is 0.436 e. The Hall–Kier alpha value is -4.19. The van der Waals surface area contributed by atoms with E-state index >= 15 is 0 Å². The van der Waals surface area contributed by atoms with Crippen molar-refractivity contribution in [3.05, 3.63) is 96.1 Å². The van der Waals surface area contributed by atoms with E-state index in [0.29, 0.717) is 32.9 Å². The molecule has 1 aliphatic rings. The molecule has 1 N–H and O–H groups in total. The van der Waals surface area contributed by atoms with E-state index in [1.807, 2.05) is 84.9 Å². The standard InChI is InChI=1S/C30H31N3O5/c31-20-27(22-37-21-24-7-3-1-4-8-24)32-29(34)28(38-30(35)33-15-17-36-18-16-33)19-23-11-13-26(14-12-23)25-9-5-2-6-10-25/h1-14,27-28H,15-19,21-22H2,(H,32,34)/t27-,28+/m1/s1. The van der Waals surface area contributed by atoms with Gasteiger partial charge in [-0.3, -0.25) is 4.79 Å². The van der Waals surface area contributed by atoms with Crippen molar-refractivity contribution in [3.8, 4) is 17.2 Å². The number of hydrogen-bond donors (Lipinski definition) is 1. The van der Waals surface area contributed by atoms with E-state index in [9.17, 15) is 14.9 Å². The summed E-state index contributed by atoms with van der Waals surface area (Å²) in [6.45, 7) is 1.95. The second-order valence-electron chi connectivity index (χ2n) is 8.93. The van der Waals surface area contributed by atoms with E-state index in [1.54, 1.807) is 0 Å². The van der Waals surface area contributed by atoms with Gasteiger partial charge in [-0.05, 0) is 22.3 Å². The summed E-state index contributed by atoms with van der Waals surface area (Å²) in [6.07, 6.45) is -1.53. The van der Waals surface area contributed by atoms with Crippen LogP contribution in [0.1, 0.15) is 11.1 Å². The molecule has 0 radical (unpaired) electrons. The molecule has 196 valence electrons. The van der Waals surface area contributed by atoms with Crippen molar-refractivity contribution in [1.29, 1.82) is 5.26 Å². The number of amides is 2. The minimum absolute atomic E-state index is 0.00698. The van der Waals surface area contributed by atoms with Gasteiger partial charge in [-0.15, -0.1) is 0 Å². The zero-order valence-corrected chi connectivity index (χ0v) is 21.1. The maximum absolute atomic E-state index is 13.2. The monoisotopic (exact) mass is 513 g/mol. The van der Waals surface area contributed by atoms with Gasteiger partial charge in [0.25, 0.3) is 5.91 Å². The molecule has 4 rings (SSSR count). The van der Waals surface area contributed by atoms with E-state index in [4.69, 9.17) is 14.2 Å². The van der Waals surface area contributed by atoms with Crippen molar-refractivity contribution >= 4 is 12.0 Å². The fraction of sp³-hybridized carbons (Fsp3) is 0.300. The first-order chi connectivity index (χ1) is 18.6. The quantitative estimate of drug-likeness (QED) is 0.441. The molecule has 0 spiro atoms. The summed E-state index contributed by atoms with van der Waals surface area (Å²) in [5.74, 6) is -0.548. The highest BCUT2D eigenvalue weighted by Crippen LogP contribution is 2.20. The fourth-order valence-corrected chi connectivity index (χ4v) is 4.05. The summed E-state index contributed by atoms with van der Waals surface area (Å²) >= 11 is 0. The molecule has 8 nitrogen and oxygen atoms in total. The number of nitrogens with zero attached hydrogens (tertiary/aromatic N) is 2. The highest BCUT2D eigenvalue weighted by molar-refractivity contribution is 5.84. The van der Waals surface area contributed by atoms with Gasteiger partial charge in [0.1, 0.15) is 6.04 Å². The van der Waals surface area contributed by atoms with Crippen molar-refractivity contribution in [3.63, 3.8) is 0 Å². The van der Waals surface area contributed by atoms with Crippen LogP contribution in [0, 0.1) is 11.3 Å². The third-order valence-electron chi connectivity index (χ3n) is 6.16. The van der Waals surface area contributed by atoms with Crippen molar-refractivity contribution in [1.82, 2.24) is 10.2 Å². The highest BCUT2D eigenvalue weighted by Gasteiger charge is 2.29. The van der Waals surface area contributed by atoms with Crippen molar-refractivity contribution in [2.24, 2.45) is 0 Å². The Morgan fingerprint density at radius 2 is 1.53 bits per heavy atom. The van der Waals surface area contributed by atoms with Crippen LogP contribution in [0.2, 0.25) is 0 Å². The van der Waals surface area contributed by atoms with E-state index < -0.39 is 24.1 Å². The number of carbonyl (C=O) groups excluding carboxylic acids is 2.